The monoisotopic (exact) mass is 315 g/mol. The molecule has 1 aliphatic rings. The molecule has 3 nitrogen and oxygen atoms in total. The second-order valence-electron chi connectivity index (χ2n) is 5.51. The number of halogens is 1. The van der Waals surface area contributed by atoms with Crippen molar-refractivity contribution in [2.75, 3.05) is 13.1 Å². The number of sulfonamides is 1. The van der Waals surface area contributed by atoms with E-state index in [1.54, 1.807) is 10.4 Å². The third-order valence-electron chi connectivity index (χ3n) is 4.08. The molecule has 0 bridgehead atoms. The summed E-state index contributed by atoms with van der Waals surface area (Å²) in [5, 5.41) is 0. The van der Waals surface area contributed by atoms with E-state index in [9.17, 15) is 8.42 Å². The highest BCUT2D eigenvalue weighted by Crippen LogP contribution is 2.27. The third kappa shape index (κ3) is 3.18. The molecule has 5 heteroatoms. The van der Waals surface area contributed by atoms with Crippen molar-refractivity contribution in [2.24, 2.45) is 5.92 Å². The molecule has 1 heterocycles. The summed E-state index contributed by atoms with van der Waals surface area (Å²) in [6.45, 7) is 5.24. The number of rotatable bonds is 4. The molecule has 0 radical (unpaired) electrons. The molecule has 1 saturated heterocycles. The first-order chi connectivity index (χ1) is 9.48. The van der Waals surface area contributed by atoms with Gasteiger partial charge in [0, 0.05) is 19.0 Å². The molecule has 1 atom stereocenters. The van der Waals surface area contributed by atoms with Gasteiger partial charge in [0.2, 0.25) is 10.0 Å². The predicted octanol–water partition coefficient (Wildman–Crippen LogP) is 3.54. The standard InChI is InChI=1S/C15H22ClNO2S/c1-3-13-5-4-8-17(11-13)20(18,19)15-9-14(10-16)7-6-12(15)2/h6-7,9,13H,3-5,8,10-11H2,1-2H3. The van der Waals surface area contributed by atoms with Crippen LogP contribution in [0.1, 0.15) is 37.3 Å². The maximum Gasteiger partial charge on any atom is 0.243 e. The molecule has 1 aromatic carbocycles. The maximum atomic E-state index is 12.8. The number of hydrogen-bond donors (Lipinski definition) is 0. The SMILES string of the molecule is CCC1CCCN(S(=O)(=O)c2cc(CCl)ccc2C)C1. The smallest absolute Gasteiger partial charge is 0.207 e. The van der Waals surface area contributed by atoms with Crippen LogP contribution in [0.15, 0.2) is 23.1 Å². The van der Waals surface area contributed by atoms with E-state index in [1.165, 1.54) is 0 Å². The summed E-state index contributed by atoms with van der Waals surface area (Å²) in [5.74, 6) is 0.815. The quantitative estimate of drug-likeness (QED) is 0.797. The topological polar surface area (TPSA) is 37.4 Å². The Morgan fingerprint density at radius 2 is 2.15 bits per heavy atom. The van der Waals surface area contributed by atoms with Crippen LogP contribution in [0.4, 0.5) is 0 Å². The first-order valence-electron chi connectivity index (χ1n) is 7.14. The third-order valence-corrected chi connectivity index (χ3v) is 6.40. The zero-order chi connectivity index (χ0) is 14.8. The molecule has 1 aromatic rings. The zero-order valence-electron chi connectivity index (χ0n) is 12.1. The summed E-state index contributed by atoms with van der Waals surface area (Å²) in [7, 11) is -3.39. The van der Waals surface area contributed by atoms with Gasteiger partial charge < -0.3 is 0 Å². The van der Waals surface area contributed by atoms with Gasteiger partial charge in [-0.1, -0.05) is 25.5 Å². The lowest BCUT2D eigenvalue weighted by Crippen LogP contribution is -2.40. The molecule has 112 valence electrons. The van der Waals surface area contributed by atoms with Crippen LogP contribution in [0.2, 0.25) is 0 Å². The van der Waals surface area contributed by atoms with Crippen molar-refractivity contribution >= 4 is 21.6 Å². The van der Waals surface area contributed by atoms with Gasteiger partial charge >= 0.3 is 0 Å². The lowest BCUT2D eigenvalue weighted by atomic mass is 9.97. The van der Waals surface area contributed by atoms with E-state index < -0.39 is 10.0 Å². The fourth-order valence-electron chi connectivity index (χ4n) is 2.72. The van der Waals surface area contributed by atoms with Gasteiger partial charge in [-0.2, -0.15) is 4.31 Å². The molecule has 1 fully saturated rings. The number of benzene rings is 1. The lowest BCUT2D eigenvalue weighted by molar-refractivity contribution is 0.261. The molecule has 1 unspecified atom stereocenters. The maximum absolute atomic E-state index is 12.8. The highest BCUT2D eigenvalue weighted by atomic mass is 35.5. The molecule has 0 N–H and O–H groups in total. The largest absolute Gasteiger partial charge is 0.243 e. The summed E-state index contributed by atoms with van der Waals surface area (Å²) in [5.41, 5.74) is 1.64. The van der Waals surface area contributed by atoms with E-state index in [2.05, 4.69) is 6.92 Å². The summed E-state index contributed by atoms with van der Waals surface area (Å²) in [6, 6.07) is 5.44. The van der Waals surface area contributed by atoms with Gasteiger partial charge in [0.15, 0.2) is 0 Å². The Morgan fingerprint density at radius 1 is 1.40 bits per heavy atom. The Bertz CT molecular complexity index is 571. The fourth-order valence-corrected chi connectivity index (χ4v) is 4.72. The normalized spacial score (nSPS) is 21.1. The van der Waals surface area contributed by atoms with E-state index in [4.69, 9.17) is 11.6 Å². The Kier molecular flexibility index (Phi) is 5.10. The second-order valence-corrected chi connectivity index (χ2v) is 7.69. The second kappa shape index (κ2) is 6.46. The lowest BCUT2D eigenvalue weighted by Gasteiger charge is -2.31. The molecular weight excluding hydrogens is 294 g/mol. The first kappa shape index (κ1) is 15.8. The molecule has 0 aliphatic carbocycles. The molecule has 2 rings (SSSR count). The number of nitrogens with zero attached hydrogens (tertiary/aromatic N) is 1. The molecular formula is C15H22ClNO2S. The number of aryl methyl sites for hydroxylation is 1. The van der Waals surface area contributed by atoms with Crippen molar-refractivity contribution in [3.63, 3.8) is 0 Å². The van der Waals surface area contributed by atoms with Crippen molar-refractivity contribution in [2.45, 2.75) is 43.9 Å². The van der Waals surface area contributed by atoms with Crippen molar-refractivity contribution in [3.8, 4) is 0 Å². The van der Waals surface area contributed by atoms with Crippen molar-refractivity contribution in [1.29, 1.82) is 0 Å². The highest BCUT2D eigenvalue weighted by Gasteiger charge is 2.30. The van der Waals surface area contributed by atoms with Gasteiger partial charge in [0.05, 0.1) is 4.90 Å². The first-order valence-corrected chi connectivity index (χ1v) is 9.12. The minimum atomic E-state index is -3.39. The van der Waals surface area contributed by atoms with Crippen LogP contribution in [0.3, 0.4) is 0 Å². The van der Waals surface area contributed by atoms with Crippen LogP contribution in [-0.4, -0.2) is 25.8 Å². The van der Waals surface area contributed by atoms with E-state index in [-0.39, 0.29) is 0 Å². The summed E-state index contributed by atoms with van der Waals surface area (Å²) >= 11 is 5.82. The van der Waals surface area contributed by atoms with Gasteiger partial charge in [-0.25, -0.2) is 8.42 Å². The fraction of sp³-hybridized carbons (Fsp3) is 0.600. The van der Waals surface area contributed by atoms with Crippen molar-refractivity contribution in [1.82, 2.24) is 4.31 Å². The number of alkyl halides is 1. The van der Waals surface area contributed by atoms with Crippen molar-refractivity contribution < 1.29 is 8.42 Å². The van der Waals surface area contributed by atoms with Crippen LogP contribution in [0.5, 0.6) is 0 Å². The van der Waals surface area contributed by atoms with E-state index >= 15 is 0 Å². The van der Waals surface area contributed by atoms with Crippen molar-refractivity contribution in [3.05, 3.63) is 29.3 Å². The molecule has 20 heavy (non-hydrogen) atoms. The van der Waals surface area contributed by atoms with Crippen LogP contribution < -0.4 is 0 Å². The molecule has 0 aromatic heterocycles. The average molecular weight is 316 g/mol. The van der Waals surface area contributed by atoms with Gasteiger partial charge in [-0.3, -0.25) is 0 Å². The Balaban J connectivity index is 2.34. The Hall–Kier alpha value is -0.580. The Morgan fingerprint density at radius 3 is 2.80 bits per heavy atom. The van der Waals surface area contributed by atoms with Crippen LogP contribution in [0, 0.1) is 12.8 Å². The van der Waals surface area contributed by atoms with Gasteiger partial charge in [-0.05, 0) is 42.9 Å². The average Bonchev–Trinajstić information content (AvgIpc) is 2.47. The molecule has 1 aliphatic heterocycles. The predicted molar refractivity (Wildman–Crippen MR) is 82.5 cm³/mol. The van der Waals surface area contributed by atoms with Gasteiger partial charge in [-0.15, -0.1) is 11.6 Å². The minimum Gasteiger partial charge on any atom is -0.207 e. The van der Waals surface area contributed by atoms with E-state index in [1.807, 2.05) is 19.1 Å². The number of hydrogen-bond acceptors (Lipinski definition) is 2. The highest BCUT2D eigenvalue weighted by molar-refractivity contribution is 7.89. The van der Waals surface area contributed by atoms with Gasteiger partial charge in [0.1, 0.15) is 0 Å². The molecule has 0 spiro atoms. The molecule has 0 amide bonds. The van der Waals surface area contributed by atoms with Crippen LogP contribution >= 0.6 is 11.6 Å². The zero-order valence-corrected chi connectivity index (χ0v) is 13.7. The minimum absolute atomic E-state index is 0.334. The number of piperidine rings is 1. The van der Waals surface area contributed by atoms with Crippen LogP contribution in [0.25, 0.3) is 0 Å². The van der Waals surface area contributed by atoms with E-state index in [0.29, 0.717) is 29.8 Å². The van der Waals surface area contributed by atoms with Crippen LogP contribution in [-0.2, 0) is 15.9 Å². The summed E-state index contributed by atoms with van der Waals surface area (Å²) < 4.78 is 27.3. The van der Waals surface area contributed by atoms with E-state index in [0.717, 1.165) is 30.4 Å². The summed E-state index contributed by atoms with van der Waals surface area (Å²) in [6.07, 6.45) is 3.11. The Labute approximate surface area is 127 Å². The molecule has 0 saturated carbocycles. The van der Waals surface area contributed by atoms with Gasteiger partial charge in [0.25, 0.3) is 0 Å². The summed E-state index contributed by atoms with van der Waals surface area (Å²) in [4.78, 5) is 0.410.